The van der Waals surface area contributed by atoms with Crippen molar-refractivity contribution >= 4 is 16.7 Å². The second kappa shape index (κ2) is 5.13. The van der Waals surface area contributed by atoms with Gasteiger partial charge in [0, 0.05) is 24.5 Å². The summed E-state index contributed by atoms with van der Waals surface area (Å²) in [5.74, 6) is 0.874. The highest BCUT2D eigenvalue weighted by atomic mass is 32.1. The third-order valence-corrected chi connectivity index (χ3v) is 4.60. The van der Waals surface area contributed by atoms with Crippen LogP contribution in [0.1, 0.15) is 52.3 Å². The molecule has 1 aliphatic rings. The maximum Gasteiger partial charge on any atom is 0.202 e. The van der Waals surface area contributed by atoms with Gasteiger partial charge in [0.15, 0.2) is 0 Å². The number of rotatable bonds is 4. The van der Waals surface area contributed by atoms with Gasteiger partial charge >= 0.3 is 0 Å². The van der Waals surface area contributed by atoms with Crippen LogP contribution in [-0.2, 0) is 6.42 Å². The van der Waals surface area contributed by atoms with Crippen LogP contribution < -0.4 is 5.32 Å². The molecule has 1 aromatic rings. The molecular formula is C13H23N3OS. The van der Waals surface area contributed by atoms with Gasteiger partial charge in [0.1, 0.15) is 5.82 Å². The predicted octanol–water partition coefficient (Wildman–Crippen LogP) is 2.84. The van der Waals surface area contributed by atoms with E-state index in [1.54, 1.807) is 0 Å². The third kappa shape index (κ3) is 3.42. The Morgan fingerprint density at radius 2 is 1.94 bits per heavy atom. The van der Waals surface area contributed by atoms with Crippen molar-refractivity contribution in [3.63, 3.8) is 0 Å². The topological polar surface area (TPSA) is 58.0 Å². The molecule has 0 atom stereocenters. The smallest absolute Gasteiger partial charge is 0.202 e. The van der Waals surface area contributed by atoms with Crippen molar-refractivity contribution in [2.24, 2.45) is 5.41 Å². The Labute approximate surface area is 113 Å². The van der Waals surface area contributed by atoms with Crippen LogP contribution in [-0.4, -0.2) is 26.6 Å². The lowest BCUT2D eigenvalue weighted by molar-refractivity contribution is -0.0145. The third-order valence-electron chi connectivity index (χ3n) is 3.89. The first kappa shape index (κ1) is 13.7. The number of anilines is 1. The van der Waals surface area contributed by atoms with Crippen molar-refractivity contribution in [1.82, 2.24) is 9.36 Å². The Balaban J connectivity index is 1.86. The lowest BCUT2D eigenvalue weighted by atomic mass is 9.71. The van der Waals surface area contributed by atoms with E-state index in [1.165, 1.54) is 11.5 Å². The van der Waals surface area contributed by atoms with E-state index in [-0.39, 0.29) is 0 Å². The molecule has 1 fully saturated rings. The van der Waals surface area contributed by atoms with Gasteiger partial charge in [-0.3, -0.25) is 0 Å². The molecule has 18 heavy (non-hydrogen) atoms. The summed E-state index contributed by atoms with van der Waals surface area (Å²) in [7, 11) is 0. The Morgan fingerprint density at radius 1 is 1.28 bits per heavy atom. The number of aryl methyl sites for hydroxylation is 1. The lowest BCUT2D eigenvalue weighted by Gasteiger charge is -2.40. The van der Waals surface area contributed by atoms with Crippen LogP contribution in [0.15, 0.2) is 0 Å². The van der Waals surface area contributed by atoms with Gasteiger partial charge < -0.3 is 10.4 Å². The molecule has 0 unspecified atom stereocenters. The van der Waals surface area contributed by atoms with Crippen molar-refractivity contribution < 1.29 is 5.11 Å². The fourth-order valence-corrected chi connectivity index (χ4v) is 2.92. The summed E-state index contributed by atoms with van der Waals surface area (Å²) in [4.78, 5) is 4.36. The van der Waals surface area contributed by atoms with E-state index in [1.807, 2.05) is 6.92 Å². The number of hydrogen-bond acceptors (Lipinski definition) is 5. The minimum Gasteiger partial charge on any atom is -0.388 e. The second-order valence-corrected chi connectivity index (χ2v) is 6.86. The largest absolute Gasteiger partial charge is 0.388 e. The minimum absolute atomic E-state index is 0.379. The minimum atomic E-state index is -0.576. The molecule has 102 valence electrons. The molecule has 2 rings (SSSR count). The highest BCUT2D eigenvalue weighted by Crippen LogP contribution is 2.40. The van der Waals surface area contributed by atoms with E-state index in [9.17, 15) is 5.11 Å². The van der Waals surface area contributed by atoms with Gasteiger partial charge in [0.25, 0.3) is 0 Å². The van der Waals surface area contributed by atoms with Crippen molar-refractivity contribution in [2.45, 2.75) is 58.5 Å². The molecule has 5 heteroatoms. The van der Waals surface area contributed by atoms with E-state index in [4.69, 9.17) is 0 Å². The van der Waals surface area contributed by atoms with Gasteiger partial charge in [-0.1, -0.05) is 20.8 Å². The monoisotopic (exact) mass is 269 g/mol. The summed E-state index contributed by atoms with van der Waals surface area (Å²) in [5, 5.41) is 14.6. The van der Waals surface area contributed by atoms with Crippen LogP contribution in [0.5, 0.6) is 0 Å². The van der Waals surface area contributed by atoms with Crippen molar-refractivity contribution in [1.29, 1.82) is 0 Å². The van der Waals surface area contributed by atoms with Gasteiger partial charge in [-0.25, -0.2) is 4.98 Å². The van der Waals surface area contributed by atoms with Crippen LogP contribution in [0.3, 0.4) is 0 Å². The first-order valence-electron chi connectivity index (χ1n) is 6.71. The molecule has 0 aromatic carbocycles. The number of aliphatic hydroxyl groups is 1. The van der Waals surface area contributed by atoms with Crippen molar-refractivity contribution in [3.05, 3.63) is 5.82 Å². The highest BCUT2D eigenvalue weighted by Gasteiger charge is 2.36. The maximum absolute atomic E-state index is 10.5. The molecule has 1 saturated carbocycles. The standard InChI is InChI=1S/C13H23N3OS/c1-4-10-15-11(18-16-10)14-9-13(17)7-5-12(2,3)6-8-13/h17H,4-9H2,1-3H3,(H,14,15,16). The molecule has 0 amide bonds. The molecule has 1 aliphatic carbocycles. The first-order valence-corrected chi connectivity index (χ1v) is 7.49. The van der Waals surface area contributed by atoms with Crippen molar-refractivity contribution in [2.75, 3.05) is 11.9 Å². The molecule has 0 radical (unpaired) electrons. The Hall–Kier alpha value is -0.680. The van der Waals surface area contributed by atoms with Gasteiger partial charge in [-0.05, 0) is 31.1 Å². The van der Waals surface area contributed by atoms with E-state index >= 15 is 0 Å². The molecule has 1 aromatic heterocycles. The number of hydrogen-bond donors (Lipinski definition) is 2. The fourth-order valence-electron chi connectivity index (χ4n) is 2.28. The van der Waals surface area contributed by atoms with Crippen LogP contribution >= 0.6 is 11.5 Å². The molecule has 0 saturated heterocycles. The summed E-state index contributed by atoms with van der Waals surface area (Å²) in [5.41, 5.74) is -0.197. The Bertz CT molecular complexity index is 393. The summed E-state index contributed by atoms with van der Waals surface area (Å²) in [6, 6.07) is 0. The van der Waals surface area contributed by atoms with Crippen LogP contribution in [0.25, 0.3) is 0 Å². The Kier molecular flexibility index (Phi) is 3.92. The Morgan fingerprint density at radius 3 is 2.50 bits per heavy atom. The van der Waals surface area contributed by atoms with Gasteiger partial charge in [0.05, 0.1) is 5.60 Å². The number of nitrogens with one attached hydrogen (secondary N) is 1. The predicted molar refractivity (Wildman–Crippen MR) is 75.0 cm³/mol. The van der Waals surface area contributed by atoms with Gasteiger partial charge in [-0.2, -0.15) is 4.37 Å². The quantitative estimate of drug-likeness (QED) is 0.882. The maximum atomic E-state index is 10.5. The van der Waals surface area contributed by atoms with Gasteiger partial charge in [-0.15, -0.1) is 0 Å². The van der Waals surface area contributed by atoms with E-state index in [2.05, 4.69) is 28.5 Å². The van der Waals surface area contributed by atoms with Gasteiger partial charge in [0.2, 0.25) is 5.13 Å². The van der Waals surface area contributed by atoms with Crippen molar-refractivity contribution in [3.8, 4) is 0 Å². The summed E-state index contributed by atoms with van der Waals surface area (Å²) in [6.07, 6.45) is 4.76. The molecule has 0 spiro atoms. The zero-order valence-corrected chi connectivity index (χ0v) is 12.3. The molecule has 4 nitrogen and oxygen atoms in total. The van der Waals surface area contributed by atoms with Crippen LogP contribution in [0.2, 0.25) is 0 Å². The van der Waals surface area contributed by atoms with E-state index in [0.29, 0.717) is 12.0 Å². The van der Waals surface area contributed by atoms with E-state index in [0.717, 1.165) is 43.1 Å². The highest BCUT2D eigenvalue weighted by molar-refractivity contribution is 7.09. The molecule has 0 bridgehead atoms. The average Bonchev–Trinajstić information content (AvgIpc) is 2.79. The number of aromatic nitrogens is 2. The summed E-state index contributed by atoms with van der Waals surface area (Å²) < 4.78 is 4.23. The summed E-state index contributed by atoms with van der Waals surface area (Å²) in [6.45, 7) is 7.18. The molecule has 2 N–H and O–H groups in total. The summed E-state index contributed by atoms with van der Waals surface area (Å²) >= 11 is 1.38. The second-order valence-electron chi connectivity index (χ2n) is 6.11. The normalized spacial score (nSPS) is 21.8. The lowest BCUT2D eigenvalue weighted by Crippen LogP contribution is -2.42. The average molecular weight is 269 g/mol. The fraction of sp³-hybridized carbons (Fsp3) is 0.846. The zero-order chi connectivity index (χ0) is 13.2. The van der Waals surface area contributed by atoms with Crippen LogP contribution in [0.4, 0.5) is 5.13 Å². The number of nitrogens with zero attached hydrogens (tertiary/aromatic N) is 2. The zero-order valence-electron chi connectivity index (χ0n) is 11.5. The van der Waals surface area contributed by atoms with Crippen LogP contribution in [0, 0.1) is 5.41 Å². The molecule has 0 aliphatic heterocycles. The SMILES string of the molecule is CCc1nsc(NCC2(O)CCC(C)(C)CC2)n1. The molecular weight excluding hydrogens is 246 g/mol. The first-order chi connectivity index (χ1) is 8.42. The van der Waals surface area contributed by atoms with E-state index < -0.39 is 5.60 Å². The molecule has 1 heterocycles.